The molecule has 0 bridgehead atoms. The molecule has 14 heavy (non-hydrogen) atoms. The summed E-state index contributed by atoms with van der Waals surface area (Å²) >= 11 is 0. The lowest BCUT2D eigenvalue weighted by molar-refractivity contribution is 0.231. The van der Waals surface area contributed by atoms with E-state index in [1.807, 2.05) is 13.8 Å². The van der Waals surface area contributed by atoms with Crippen LogP contribution in [0.1, 0.15) is 19.7 Å². The van der Waals surface area contributed by atoms with E-state index in [9.17, 15) is 0 Å². The summed E-state index contributed by atoms with van der Waals surface area (Å²) in [7, 11) is 0. The van der Waals surface area contributed by atoms with Gasteiger partial charge in [-0.2, -0.15) is 4.98 Å². The zero-order valence-corrected chi connectivity index (χ0v) is 9.25. The first-order valence-corrected chi connectivity index (χ1v) is 4.41. The smallest absolute Gasteiger partial charge is 0.216 e. The van der Waals surface area contributed by atoms with Crippen molar-refractivity contribution in [3.63, 3.8) is 0 Å². The van der Waals surface area contributed by atoms with Gasteiger partial charge in [-0.25, -0.2) is 4.98 Å². The highest BCUT2D eigenvalue weighted by molar-refractivity contribution is 5.85. The average molecular weight is 218 g/mol. The molecule has 80 valence electrons. The molecule has 0 aliphatic heterocycles. The lowest BCUT2D eigenvalue weighted by Gasteiger charge is -2.08. The van der Waals surface area contributed by atoms with Crippen molar-refractivity contribution in [1.29, 1.82) is 0 Å². The Morgan fingerprint density at radius 1 is 1.50 bits per heavy atom. The van der Waals surface area contributed by atoms with E-state index in [4.69, 9.17) is 10.5 Å². The highest BCUT2D eigenvalue weighted by Gasteiger charge is 2.00. The van der Waals surface area contributed by atoms with Crippen LogP contribution < -0.4 is 10.5 Å². The second-order valence-electron chi connectivity index (χ2n) is 3.02. The fourth-order valence-electron chi connectivity index (χ4n) is 0.937. The van der Waals surface area contributed by atoms with Crippen LogP contribution in [0.25, 0.3) is 0 Å². The van der Waals surface area contributed by atoms with Gasteiger partial charge >= 0.3 is 0 Å². The first-order chi connectivity index (χ1) is 6.22. The molecular formula is C9H16ClN3O. The molecule has 0 spiro atoms. The number of rotatable bonds is 4. The number of hydrogen-bond donors (Lipinski definition) is 1. The molecule has 1 aromatic rings. The minimum atomic E-state index is 0. The Hall–Kier alpha value is -0.870. The zero-order chi connectivity index (χ0) is 9.68. The second kappa shape index (κ2) is 6.56. The van der Waals surface area contributed by atoms with E-state index >= 15 is 0 Å². The van der Waals surface area contributed by atoms with Crippen molar-refractivity contribution < 1.29 is 4.74 Å². The Balaban J connectivity index is 0.00000169. The summed E-state index contributed by atoms with van der Waals surface area (Å²) in [5.74, 6) is 1.36. The molecule has 0 saturated carbocycles. The van der Waals surface area contributed by atoms with E-state index in [0.717, 1.165) is 5.82 Å². The quantitative estimate of drug-likeness (QED) is 0.823. The van der Waals surface area contributed by atoms with Crippen molar-refractivity contribution >= 4 is 12.4 Å². The molecule has 5 heteroatoms. The topological polar surface area (TPSA) is 61.0 Å². The summed E-state index contributed by atoms with van der Waals surface area (Å²) in [6, 6.07) is 1.75. The first-order valence-electron chi connectivity index (χ1n) is 4.41. The van der Waals surface area contributed by atoms with Gasteiger partial charge in [0.05, 0.1) is 6.10 Å². The number of nitrogens with two attached hydrogens (primary N) is 1. The van der Waals surface area contributed by atoms with Crippen LogP contribution in [-0.2, 0) is 6.42 Å². The maximum absolute atomic E-state index is 5.41. The van der Waals surface area contributed by atoms with Gasteiger partial charge in [-0.1, -0.05) is 0 Å². The van der Waals surface area contributed by atoms with Crippen molar-refractivity contribution in [3.05, 3.63) is 18.1 Å². The number of halogens is 1. The molecule has 2 N–H and O–H groups in total. The summed E-state index contributed by atoms with van der Waals surface area (Å²) in [6.45, 7) is 4.49. The molecular weight excluding hydrogens is 202 g/mol. The molecule has 0 atom stereocenters. The highest BCUT2D eigenvalue weighted by Crippen LogP contribution is 2.07. The van der Waals surface area contributed by atoms with Gasteiger partial charge in [-0.05, 0) is 20.4 Å². The Morgan fingerprint density at radius 2 is 2.21 bits per heavy atom. The molecule has 0 fully saturated rings. The third-order valence-electron chi connectivity index (χ3n) is 1.40. The van der Waals surface area contributed by atoms with Gasteiger partial charge in [0.1, 0.15) is 5.82 Å². The predicted molar refractivity (Wildman–Crippen MR) is 57.8 cm³/mol. The Kier molecular flexibility index (Phi) is 6.16. The van der Waals surface area contributed by atoms with Crippen molar-refractivity contribution in [2.45, 2.75) is 26.4 Å². The number of hydrogen-bond acceptors (Lipinski definition) is 4. The molecule has 0 aromatic carbocycles. The summed E-state index contributed by atoms with van der Waals surface area (Å²) in [5.41, 5.74) is 5.39. The third-order valence-corrected chi connectivity index (χ3v) is 1.40. The molecule has 1 heterocycles. The van der Waals surface area contributed by atoms with E-state index in [1.54, 1.807) is 12.3 Å². The maximum atomic E-state index is 5.41. The van der Waals surface area contributed by atoms with E-state index in [-0.39, 0.29) is 18.5 Å². The molecule has 1 aromatic heterocycles. The van der Waals surface area contributed by atoms with E-state index in [0.29, 0.717) is 18.8 Å². The molecule has 0 saturated heterocycles. The van der Waals surface area contributed by atoms with Crippen LogP contribution >= 0.6 is 12.4 Å². The Labute approximate surface area is 90.3 Å². The van der Waals surface area contributed by atoms with Crippen molar-refractivity contribution in [2.24, 2.45) is 5.73 Å². The molecule has 0 aliphatic carbocycles. The van der Waals surface area contributed by atoms with Crippen molar-refractivity contribution in [1.82, 2.24) is 9.97 Å². The molecule has 0 amide bonds. The zero-order valence-electron chi connectivity index (χ0n) is 8.43. The Bertz CT molecular complexity index is 268. The van der Waals surface area contributed by atoms with Gasteiger partial charge in [0.15, 0.2) is 0 Å². The maximum Gasteiger partial charge on any atom is 0.216 e. The van der Waals surface area contributed by atoms with E-state index < -0.39 is 0 Å². The Morgan fingerprint density at radius 3 is 2.79 bits per heavy atom. The van der Waals surface area contributed by atoms with Crippen LogP contribution in [0, 0.1) is 0 Å². The fraction of sp³-hybridized carbons (Fsp3) is 0.556. The van der Waals surface area contributed by atoms with Gasteiger partial charge in [0.25, 0.3) is 0 Å². The van der Waals surface area contributed by atoms with Gasteiger partial charge in [0, 0.05) is 18.7 Å². The standard InChI is InChI=1S/C9H15N3O.ClH/c1-7(2)13-9-4-6-11-8(12-9)3-5-10;/h4,6-7H,3,5,10H2,1-2H3;1H. The average Bonchev–Trinajstić information content (AvgIpc) is 2.04. The minimum Gasteiger partial charge on any atom is -0.475 e. The summed E-state index contributed by atoms with van der Waals surface area (Å²) in [6.07, 6.45) is 2.52. The van der Waals surface area contributed by atoms with Gasteiger partial charge < -0.3 is 10.5 Å². The highest BCUT2D eigenvalue weighted by atomic mass is 35.5. The molecule has 0 aliphatic rings. The van der Waals surface area contributed by atoms with Crippen LogP contribution in [0.3, 0.4) is 0 Å². The predicted octanol–water partition coefficient (Wildman–Crippen LogP) is 1.19. The SMILES string of the molecule is CC(C)Oc1ccnc(CCN)n1.Cl. The normalized spacial score (nSPS) is 9.71. The van der Waals surface area contributed by atoms with Crippen molar-refractivity contribution in [2.75, 3.05) is 6.54 Å². The summed E-state index contributed by atoms with van der Waals surface area (Å²) < 4.78 is 5.41. The summed E-state index contributed by atoms with van der Waals surface area (Å²) in [4.78, 5) is 8.25. The number of nitrogens with zero attached hydrogens (tertiary/aromatic N) is 2. The third kappa shape index (κ3) is 4.39. The van der Waals surface area contributed by atoms with Crippen LogP contribution in [0.15, 0.2) is 12.3 Å². The molecule has 1 rings (SSSR count). The second-order valence-corrected chi connectivity index (χ2v) is 3.02. The van der Waals surface area contributed by atoms with Gasteiger partial charge in [-0.3, -0.25) is 0 Å². The fourth-order valence-corrected chi connectivity index (χ4v) is 0.937. The van der Waals surface area contributed by atoms with Crippen LogP contribution in [0.2, 0.25) is 0 Å². The first kappa shape index (κ1) is 13.1. The van der Waals surface area contributed by atoms with Crippen LogP contribution in [0.5, 0.6) is 5.88 Å². The summed E-state index contributed by atoms with van der Waals surface area (Å²) in [5, 5.41) is 0. The van der Waals surface area contributed by atoms with E-state index in [1.165, 1.54) is 0 Å². The lowest BCUT2D eigenvalue weighted by Crippen LogP contribution is -2.10. The molecule has 4 nitrogen and oxygen atoms in total. The van der Waals surface area contributed by atoms with Gasteiger partial charge in [0.2, 0.25) is 5.88 Å². The lowest BCUT2D eigenvalue weighted by atomic mass is 10.4. The number of ether oxygens (including phenoxy) is 1. The van der Waals surface area contributed by atoms with Gasteiger partial charge in [-0.15, -0.1) is 12.4 Å². The van der Waals surface area contributed by atoms with Crippen molar-refractivity contribution in [3.8, 4) is 5.88 Å². The monoisotopic (exact) mass is 217 g/mol. The number of aromatic nitrogens is 2. The minimum absolute atomic E-state index is 0. The van der Waals surface area contributed by atoms with E-state index in [2.05, 4.69) is 9.97 Å². The largest absolute Gasteiger partial charge is 0.475 e. The molecule has 0 radical (unpaired) electrons. The van der Waals surface area contributed by atoms with Crippen LogP contribution in [-0.4, -0.2) is 22.6 Å². The van der Waals surface area contributed by atoms with Crippen LogP contribution in [0.4, 0.5) is 0 Å². The molecule has 0 unspecified atom stereocenters.